The van der Waals surface area contributed by atoms with Gasteiger partial charge in [-0.15, -0.1) is 0 Å². The fourth-order valence-electron chi connectivity index (χ4n) is 2.03. The van der Waals surface area contributed by atoms with Crippen molar-refractivity contribution in [1.82, 2.24) is 15.3 Å². The summed E-state index contributed by atoms with van der Waals surface area (Å²) in [6.45, 7) is 0. The van der Waals surface area contributed by atoms with Crippen LogP contribution < -0.4 is 10.2 Å². The van der Waals surface area contributed by atoms with Gasteiger partial charge in [0.25, 0.3) is 5.91 Å². The summed E-state index contributed by atoms with van der Waals surface area (Å²) in [6.07, 6.45) is 1.40. The second-order valence-electron chi connectivity index (χ2n) is 4.43. The average molecular weight is 315 g/mol. The Morgan fingerprint density at radius 1 is 1.41 bits per heavy atom. The first-order valence-corrected chi connectivity index (χ1v) is 7.54. The van der Waals surface area contributed by atoms with E-state index in [4.69, 9.17) is 0 Å². The zero-order valence-electron chi connectivity index (χ0n) is 11.7. The van der Waals surface area contributed by atoms with Crippen LogP contribution >= 0.6 is 11.8 Å². The summed E-state index contributed by atoms with van der Waals surface area (Å²) in [5.74, 6) is 0.217. The van der Waals surface area contributed by atoms with E-state index in [-0.39, 0.29) is 23.3 Å². The third-order valence-electron chi connectivity index (χ3n) is 3.05. The molecule has 2 N–H and O–H groups in total. The minimum absolute atomic E-state index is 0.0491. The van der Waals surface area contributed by atoms with Crippen LogP contribution in [0.5, 0.6) is 0 Å². The number of benzene rings is 1. The van der Waals surface area contributed by atoms with Crippen molar-refractivity contribution in [2.75, 3.05) is 17.7 Å². The topological polar surface area (TPSA) is 90.5 Å². The first-order valence-electron chi connectivity index (χ1n) is 6.55. The molecule has 2 aromatic rings. The molecule has 22 heavy (non-hydrogen) atoms. The van der Waals surface area contributed by atoms with Gasteiger partial charge in [0.1, 0.15) is 0 Å². The molecule has 0 saturated carbocycles. The lowest BCUT2D eigenvalue weighted by Crippen LogP contribution is -2.29. The quantitative estimate of drug-likeness (QED) is 0.899. The molecule has 1 aliphatic heterocycles. The molecule has 2 amide bonds. The van der Waals surface area contributed by atoms with E-state index in [1.807, 2.05) is 30.3 Å². The van der Waals surface area contributed by atoms with Crippen LogP contribution in [-0.4, -0.2) is 39.8 Å². The number of H-pyrrole nitrogens is 1. The van der Waals surface area contributed by atoms with Crippen molar-refractivity contribution in [3.05, 3.63) is 42.4 Å². The number of thioether (sulfide) groups is 1. The van der Waals surface area contributed by atoms with E-state index >= 15 is 0 Å². The van der Waals surface area contributed by atoms with Gasteiger partial charge in [0.05, 0.1) is 17.8 Å². The molecule has 2 heterocycles. The van der Waals surface area contributed by atoms with Crippen LogP contribution in [-0.2, 0) is 4.79 Å². The largest absolute Gasteiger partial charge is 0.354 e. The Balaban J connectivity index is 1.98. The molecule has 1 aromatic heterocycles. The van der Waals surface area contributed by atoms with Crippen LogP contribution in [0.15, 0.2) is 41.7 Å². The van der Waals surface area contributed by atoms with Crippen molar-refractivity contribution in [3.63, 3.8) is 0 Å². The predicted octanol–water partition coefficient (Wildman–Crippen LogP) is 1.54. The van der Waals surface area contributed by atoms with E-state index in [0.717, 1.165) is 5.69 Å². The summed E-state index contributed by atoms with van der Waals surface area (Å²) in [4.78, 5) is 36.6. The Labute approximate surface area is 130 Å². The van der Waals surface area contributed by atoms with Gasteiger partial charge in [0, 0.05) is 7.05 Å². The maximum atomic E-state index is 12.1. The highest BCUT2D eigenvalue weighted by Gasteiger charge is 2.30. The highest BCUT2D eigenvalue weighted by molar-refractivity contribution is 8.15. The number of nitrogens with one attached hydrogen (secondary N) is 2. The van der Waals surface area contributed by atoms with Gasteiger partial charge in [-0.25, -0.2) is 9.98 Å². The van der Waals surface area contributed by atoms with Crippen molar-refractivity contribution in [2.45, 2.75) is 0 Å². The SMILES string of the molecule is CNC(=O)c1[nH]cnc1/N=C1\SCC(=O)N1c1ccccc1. The standard InChI is InChI=1S/C14H13N5O2S/c1-15-13(21)11-12(17-8-16-11)18-14-19(10(20)7-22-14)9-5-3-2-4-6-9/h2-6,8H,7H2,1H3,(H,15,21)(H,16,17)/b18-14-. The first kappa shape index (κ1) is 14.3. The highest BCUT2D eigenvalue weighted by Crippen LogP contribution is 2.28. The minimum Gasteiger partial charge on any atom is -0.354 e. The Bertz CT molecular complexity index is 741. The Hall–Kier alpha value is -2.61. The first-order chi connectivity index (χ1) is 10.7. The Morgan fingerprint density at radius 2 is 2.18 bits per heavy atom. The van der Waals surface area contributed by atoms with Gasteiger partial charge in [-0.2, -0.15) is 0 Å². The number of amidine groups is 1. The summed E-state index contributed by atoms with van der Waals surface area (Å²) >= 11 is 1.32. The van der Waals surface area contributed by atoms with Crippen LogP contribution in [0.25, 0.3) is 0 Å². The molecule has 1 saturated heterocycles. The smallest absolute Gasteiger partial charge is 0.271 e. The summed E-state index contributed by atoms with van der Waals surface area (Å²) < 4.78 is 0. The van der Waals surface area contributed by atoms with Gasteiger partial charge in [-0.1, -0.05) is 30.0 Å². The lowest BCUT2D eigenvalue weighted by Gasteiger charge is -2.15. The Kier molecular flexibility index (Phi) is 3.92. The molecular formula is C14H13N5O2S. The van der Waals surface area contributed by atoms with E-state index in [1.54, 1.807) is 0 Å². The summed E-state index contributed by atoms with van der Waals surface area (Å²) in [5, 5.41) is 3.03. The molecular weight excluding hydrogens is 302 g/mol. The lowest BCUT2D eigenvalue weighted by atomic mass is 10.3. The molecule has 0 aliphatic carbocycles. The van der Waals surface area contributed by atoms with Gasteiger partial charge in [-0.3, -0.25) is 14.5 Å². The van der Waals surface area contributed by atoms with Gasteiger partial charge >= 0.3 is 0 Å². The van der Waals surface area contributed by atoms with Crippen molar-refractivity contribution >= 4 is 40.2 Å². The van der Waals surface area contributed by atoms with Crippen molar-refractivity contribution in [1.29, 1.82) is 0 Å². The number of aromatic amines is 1. The highest BCUT2D eigenvalue weighted by atomic mass is 32.2. The van der Waals surface area contributed by atoms with Crippen LogP contribution in [0.1, 0.15) is 10.5 Å². The molecule has 1 aliphatic rings. The lowest BCUT2D eigenvalue weighted by molar-refractivity contribution is -0.115. The predicted molar refractivity (Wildman–Crippen MR) is 85.5 cm³/mol. The number of carbonyl (C=O) groups is 2. The maximum absolute atomic E-state index is 12.1. The number of hydrogen-bond donors (Lipinski definition) is 2. The van der Waals surface area contributed by atoms with Crippen LogP contribution in [0.4, 0.5) is 11.5 Å². The fraction of sp³-hybridized carbons (Fsp3) is 0.143. The molecule has 0 atom stereocenters. The van der Waals surface area contributed by atoms with Gasteiger partial charge in [0.2, 0.25) is 5.91 Å². The van der Waals surface area contributed by atoms with Crippen molar-refractivity contribution in [3.8, 4) is 0 Å². The monoisotopic (exact) mass is 315 g/mol. The number of anilines is 1. The Morgan fingerprint density at radius 3 is 2.91 bits per heavy atom. The van der Waals surface area contributed by atoms with E-state index in [1.165, 1.54) is 30.0 Å². The van der Waals surface area contributed by atoms with E-state index < -0.39 is 0 Å². The number of nitrogens with zero attached hydrogens (tertiary/aromatic N) is 3. The van der Waals surface area contributed by atoms with E-state index in [9.17, 15) is 9.59 Å². The third-order valence-corrected chi connectivity index (χ3v) is 3.98. The normalized spacial score (nSPS) is 16.3. The molecule has 1 fully saturated rings. The third kappa shape index (κ3) is 2.60. The van der Waals surface area contributed by atoms with Gasteiger partial charge < -0.3 is 10.3 Å². The molecule has 7 nitrogen and oxygen atoms in total. The van der Waals surface area contributed by atoms with Crippen molar-refractivity contribution in [2.24, 2.45) is 4.99 Å². The maximum Gasteiger partial charge on any atom is 0.271 e. The molecule has 0 bridgehead atoms. The van der Waals surface area contributed by atoms with Crippen molar-refractivity contribution < 1.29 is 9.59 Å². The number of aromatic nitrogens is 2. The molecule has 112 valence electrons. The van der Waals surface area contributed by atoms with Gasteiger partial charge in [0.15, 0.2) is 16.7 Å². The molecule has 1 aromatic carbocycles. The molecule has 0 unspecified atom stereocenters. The molecule has 0 radical (unpaired) electrons. The number of amides is 2. The molecule has 8 heteroatoms. The zero-order valence-corrected chi connectivity index (χ0v) is 12.6. The number of hydrogen-bond acceptors (Lipinski definition) is 5. The summed E-state index contributed by atoms with van der Waals surface area (Å²) in [6, 6.07) is 9.26. The minimum atomic E-state index is -0.308. The van der Waals surface area contributed by atoms with Crippen LogP contribution in [0.3, 0.4) is 0 Å². The van der Waals surface area contributed by atoms with Crippen LogP contribution in [0, 0.1) is 0 Å². The van der Waals surface area contributed by atoms with Crippen LogP contribution in [0.2, 0.25) is 0 Å². The van der Waals surface area contributed by atoms with E-state index in [0.29, 0.717) is 10.9 Å². The second-order valence-corrected chi connectivity index (χ2v) is 5.37. The summed E-state index contributed by atoms with van der Waals surface area (Å²) in [5.41, 5.74) is 1.01. The van der Waals surface area contributed by atoms with E-state index in [2.05, 4.69) is 20.3 Å². The number of para-hydroxylation sites is 1. The number of carbonyl (C=O) groups excluding carboxylic acids is 2. The average Bonchev–Trinajstić information content (AvgIpc) is 3.15. The fourth-order valence-corrected chi connectivity index (χ4v) is 2.90. The molecule has 0 spiro atoms. The summed E-state index contributed by atoms with van der Waals surface area (Å²) in [7, 11) is 1.53. The zero-order chi connectivity index (χ0) is 15.5. The molecule has 3 rings (SSSR count). The second kappa shape index (κ2) is 6.02. The number of imidazole rings is 1. The number of aliphatic imine (C=N–C) groups is 1. The number of rotatable bonds is 3. The van der Waals surface area contributed by atoms with Gasteiger partial charge in [-0.05, 0) is 12.1 Å².